The van der Waals surface area contributed by atoms with Crippen LogP contribution in [0.25, 0.3) is 0 Å². The second kappa shape index (κ2) is 3.70. The summed E-state index contributed by atoms with van der Waals surface area (Å²) in [5.74, 6) is -0.581. The Morgan fingerprint density at radius 1 is 1.18 bits per heavy atom. The van der Waals surface area contributed by atoms with Gasteiger partial charge < -0.3 is 16.0 Å². The van der Waals surface area contributed by atoms with E-state index in [-0.39, 0.29) is 17.4 Å². The van der Waals surface area contributed by atoms with E-state index in [0.717, 1.165) is 31.6 Å². The van der Waals surface area contributed by atoms with Crippen LogP contribution in [0.1, 0.15) is 23.2 Å². The standard InChI is InChI=1S/C12H14FN3O/c13-8-1-2-10-9(7-8)11(17)16-12(15-10)3-5-14-6-4-12/h1-2,7,14-15H,3-6H2,(H,16,17). The van der Waals surface area contributed by atoms with E-state index in [2.05, 4.69) is 16.0 Å². The molecule has 1 amide bonds. The fourth-order valence-corrected chi connectivity index (χ4v) is 2.49. The number of benzene rings is 1. The molecule has 0 aliphatic carbocycles. The maximum atomic E-state index is 13.1. The summed E-state index contributed by atoms with van der Waals surface area (Å²) in [6.45, 7) is 1.73. The number of piperidine rings is 1. The Hall–Kier alpha value is -1.62. The summed E-state index contributed by atoms with van der Waals surface area (Å²) < 4.78 is 13.1. The van der Waals surface area contributed by atoms with E-state index in [0.29, 0.717) is 5.56 Å². The molecule has 0 unspecified atom stereocenters. The molecule has 3 N–H and O–H groups in total. The van der Waals surface area contributed by atoms with Crippen LogP contribution in [0.3, 0.4) is 0 Å². The van der Waals surface area contributed by atoms with Crippen LogP contribution < -0.4 is 16.0 Å². The van der Waals surface area contributed by atoms with Gasteiger partial charge >= 0.3 is 0 Å². The van der Waals surface area contributed by atoms with E-state index in [1.54, 1.807) is 6.07 Å². The van der Waals surface area contributed by atoms with E-state index >= 15 is 0 Å². The fourth-order valence-electron chi connectivity index (χ4n) is 2.49. The van der Waals surface area contributed by atoms with Crippen LogP contribution in [0, 0.1) is 5.82 Å². The van der Waals surface area contributed by atoms with Crippen molar-refractivity contribution in [3.05, 3.63) is 29.6 Å². The number of carbonyl (C=O) groups is 1. The number of fused-ring (bicyclic) bond motifs is 1. The van der Waals surface area contributed by atoms with E-state index in [9.17, 15) is 9.18 Å². The van der Waals surface area contributed by atoms with E-state index in [4.69, 9.17) is 0 Å². The van der Waals surface area contributed by atoms with Crippen molar-refractivity contribution in [1.82, 2.24) is 10.6 Å². The van der Waals surface area contributed by atoms with Gasteiger partial charge in [0.05, 0.1) is 5.56 Å². The lowest BCUT2D eigenvalue weighted by Gasteiger charge is -2.43. The van der Waals surface area contributed by atoms with Gasteiger partial charge in [-0.25, -0.2) is 4.39 Å². The molecular weight excluding hydrogens is 221 g/mol. The highest BCUT2D eigenvalue weighted by Crippen LogP contribution is 2.29. The number of hydrogen-bond donors (Lipinski definition) is 3. The first-order chi connectivity index (χ1) is 8.19. The maximum absolute atomic E-state index is 13.1. The van der Waals surface area contributed by atoms with E-state index in [1.165, 1.54) is 12.1 Å². The van der Waals surface area contributed by atoms with Crippen molar-refractivity contribution in [2.75, 3.05) is 18.4 Å². The molecule has 0 atom stereocenters. The molecule has 1 aromatic carbocycles. The predicted octanol–water partition coefficient (Wildman–Crippen LogP) is 1.06. The molecule has 0 saturated carbocycles. The number of halogens is 1. The van der Waals surface area contributed by atoms with Crippen LogP contribution in [-0.4, -0.2) is 24.7 Å². The van der Waals surface area contributed by atoms with Crippen molar-refractivity contribution < 1.29 is 9.18 Å². The number of nitrogens with one attached hydrogen (secondary N) is 3. The molecule has 5 heteroatoms. The molecule has 1 aromatic rings. The zero-order valence-electron chi connectivity index (χ0n) is 9.35. The summed E-state index contributed by atoms with van der Waals surface area (Å²) in [4.78, 5) is 12.0. The lowest BCUT2D eigenvalue weighted by molar-refractivity contribution is 0.0880. The normalized spacial score (nSPS) is 21.6. The Balaban J connectivity index is 1.97. The SMILES string of the molecule is O=C1NC2(CCNCC2)Nc2ccc(F)cc21. The molecule has 2 aliphatic rings. The summed E-state index contributed by atoms with van der Waals surface area (Å²) in [5, 5.41) is 9.54. The third-order valence-electron chi connectivity index (χ3n) is 3.41. The van der Waals surface area contributed by atoms with Gasteiger partial charge in [-0.05, 0) is 31.3 Å². The Bertz CT molecular complexity index is 469. The summed E-state index contributed by atoms with van der Waals surface area (Å²) in [7, 11) is 0. The first-order valence-corrected chi connectivity index (χ1v) is 5.80. The molecule has 2 aliphatic heterocycles. The molecule has 2 heterocycles. The summed E-state index contributed by atoms with van der Waals surface area (Å²) in [6.07, 6.45) is 1.66. The Morgan fingerprint density at radius 3 is 2.71 bits per heavy atom. The molecule has 90 valence electrons. The zero-order valence-corrected chi connectivity index (χ0v) is 9.35. The summed E-state index contributed by atoms with van der Waals surface area (Å²) in [6, 6.07) is 4.28. The van der Waals surface area contributed by atoms with Gasteiger partial charge in [0.25, 0.3) is 5.91 Å². The molecule has 1 saturated heterocycles. The van der Waals surface area contributed by atoms with Crippen LogP contribution in [0.4, 0.5) is 10.1 Å². The Labute approximate surface area is 98.6 Å². The number of hydrogen-bond acceptors (Lipinski definition) is 3. The molecule has 3 rings (SSSR count). The van der Waals surface area contributed by atoms with Gasteiger partial charge in [-0.2, -0.15) is 0 Å². The minimum Gasteiger partial charge on any atom is -0.362 e. The Kier molecular flexibility index (Phi) is 2.29. The van der Waals surface area contributed by atoms with Crippen molar-refractivity contribution >= 4 is 11.6 Å². The molecule has 4 nitrogen and oxygen atoms in total. The summed E-state index contributed by atoms with van der Waals surface area (Å²) >= 11 is 0. The highest BCUT2D eigenvalue weighted by atomic mass is 19.1. The zero-order chi connectivity index (χ0) is 11.9. The minimum absolute atomic E-state index is 0.194. The minimum atomic E-state index is -0.387. The molecule has 1 fully saturated rings. The van der Waals surface area contributed by atoms with Crippen molar-refractivity contribution in [1.29, 1.82) is 0 Å². The average molecular weight is 235 g/mol. The van der Waals surface area contributed by atoms with E-state index in [1.807, 2.05) is 0 Å². The number of amides is 1. The topological polar surface area (TPSA) is 53.2 Å². The van der Waals surface area contributed by atoms with Crippen LogP contribution in [-0.2, 0) is 0 Å². The smallest absolute Gasteiger partial charge is 0.255 e. The van der Waals surface area contributed by atoms with Crippen LogP contribution in [0.5, 0.6) is 0 Å². The first kappa shape index (κ1) is 10.5. The van der Waals surface area contributed by atoms with Gasteiger partial charge in [0.1, 0.15) is 11.5 Å². The second-order valence-corrected chi connectivity index (χ2v) is 4.60. The summed E-state index contributed by atoms with van der Waals surface area (Å²) in [5.41, 5.74) is 0.735. The van der Waals surface area contributed by atoms with E-state index < -0.39 is 0 Å². The van der Waals surface area contributed by atoms with Crippen molar-refractivity contribution in [2.45, 2.75) is 18.5 Å². The van der Waals surface area contributed by atoms with Crippen molar-refractivity contribution in [3.8, 4) is 0 Å². The highest BCUT2D eigenvalue weighted by molar-refractivity contribution is 6.02. The molecule has 0 aromatic heterocycles. The fraction of sp³-hybridized carbons (Fsp3) is 0.417. The number of carbonyl (C=O) groups excluding carboxylic acids is 1. The van der Waals surface area contributed by atoms with Gasteiger partial charge in [0, 0.05) is 18.5 Å². The lowest BCUT2D eigenvalue weighted by atomic mass is 9.93. The van der Waals surface area contributed by atoms with Gasteiger partial charge in [0.15, 0.2) is 0 Å². The quantitative estimate of drug-likeness (QED) is 0.630. The lowest BCUT2D eigenvalue weighted by Crippen LogP contribution is -2.61. The van der Waals surface area contributed by atoms with Crippen molar-refractivity contribution in [2.24, 2.45) is 0 Å². The number of rotatable bonds is 0. The highest BCUT2D eigenvalue weighted by Gasteiger charge is 2.38. The van der Waals surface area contributed by atoms with Gasteiger partial charge in [0.2, 0.25) is 0 Å². The predicted molar refractivity (Wildman–Crippen MR) is 62.3 cm³/mol. The average Bonchev–Trinajstić information content (AvgIpc) is 2.31. The molecular formula is C12H14FN3O. The number of anilines is 1. The third kappa shape index (κ3) is 1.76. The monoisotopic (exact) mass is 235 g/mol. The third-order valence-corrected chi connectivity index (χ3v) is 3.41. The maximum Gasteiger partial charge on any atom is 0.255 e. The largest absolute Gasteiger partial charge is 0.362 e. The van der Waals surface area contributed by atoms with Gasteiger partial charge in [-0.1, -0.05) is 0 Å². The molecule has 1 spiro atoms. The van der Waals surface area contributed by atoms with Crippen LogP contribution >= 0.6 is 0 Å². The van der Waals surface area contributed by atoms with Crippen molar-refractivity contribution in [3.63, 3.8) is 0 Å². The second-order valence-electron chi connectivity index (χ2n) is 4.60. The van der Waals surface area contributed by atoms with Gasteiger partial charge in [-0.15, -0.1) is 0 Å². The van der Waals surface area contributed by atoms with Crippen LogP contribution in [0.2, 0.25) is 0 Å². The molecule has 17 heavy (non-hydrogen) atoms. The molecule has 0 radical (unpaired) electrons. The Morgan fingerprint density at radius 2 is 1.94 bits per heavy atom. The van der Waals surface area contributed by atoms with Crippen LogP contribution in [0.15, 0.2) is 18.2 Å². The molecule has 0 bridgehead atoms. The first-order valence-electron chi connectivity index (χ1n) is 5.80. The van der Waals surface area contributed by atoms with Gasteiger partial charge in [-0.3, -0.25) is 4.79 Å².